The topological polar surface area (TPSA) is 38.1 Å². The third-order valence-corrected chi connectivity index (χ3v) is 3.72. The molecule has 22 heavy (non-hydrogen) atoms. The van der Waals surface area contributed by atoms with Crippen LogP contribution in [0, 0.1) is 5.82 Å². The number of phenolic OH excluding ortho intramolecular Hbond substituents is 1. The summed E-state index contributed by atoms with van der Waals surface area (Å²) in [5.41, 5.74) is 2.64. The van der Waals surface area contributed by atoms with Crippen LogP contribution in [-0.2, 0) is 6.54 Å². The molecule has 0 fully saturated rings. The van der Waals surface area contributed by atoms with Gasteiger partial charge in [0, 0.05) is 11.3 Å². The molecule has 3 rings (SSSR count). The predicted octanol–water partition coefficient (Wildman–Crippen LogP) is 4.18. The number of benzene rings is 2. The van der Waals surface area contributed by atoms with Crippen molar-refractivity contribution < 1.29 is 9.50 Å². The molecular formula is C17H14ClFN2O. The van der Waals surface area contributed by atoms with Crippen LogP contribution < -0.4 is 0 Å². The van der Waals surface area contributed by atoms with Crippen molar-refractivity contribution in [2.75, 3.05) is 5.88 Å². The molecule has 1 N–H and O–H groups in total. The third-order valence-electron chi connectivity index (χ3n) is 3.55. The molecule has 0 unspecified atom stereocenters. The molecule has 3 nitrogen and oxygen atoms in total. The molecule has 0 bridgehead atoms. The number of phenols is 1. The number of halogens is 2. The summed E-state index contributed by atoms with van der Waals surface area (Å²) in [5.74, 6) is 0.202. The standard InChI is InChI=1S/C17H14ClFN2O/c1-11(12-2-4-15(22)5-3-12)13-8-14-10-20-21(7-6-18)17(14)16(19)9-13/h2-5,8-10,22H,1,6-7H2. The molecule has 1 heterocycles. The molecule has 0 radical (unpaired) electrons. The van der Waals surface area contributed by atoms with Crippen molar-refractivity contribution in [1.82, 2.24) is 9.78 Å². The van der Waals surface area contributed by atoms with Crippen LogP contribution >= 0.6 is 11.6 Å². The van der Waals surface area contributed by atoms with Crippen molar-refractivity contribution in [1.29, 1.82) is 0 Å². The summed E-state index contributed by atoms with van der Waals surface area (Å²) in [4.78, 5) is 0. The van der Waals surface area contributed by atoms with Crippen LogP contribution in [0.2, 0.25) is 0 Å². The number of hydrogen-bond donors (Lipinski definition) is 1. The molecule has 1 aromatic heterocycles. The van der Waals surface area contributed by atoms with Gasteiger partial charge in [-0.15, -0.1) is 11.6 Å². The van der Waals surface area contributed by atoms with Crippen molar-refractivity contribution in [3.8, 4) is 5.75 Å². The van der Waals surface area contributed by atoms with Crippen LogP contribution in [0.5, 0.6) is 5.75 Å². The molecule has 5 heteroatoms. The van der Waals surface area contributed by atoms with Gasteiger partial charge in [-0.2, -0.15) is 5.10 Å². The van der Waals surface area contributed by atoms with Gasteiger partial charge in [-0.1, -0.05) is 18.7 Å². The minimum atomic E-state index is -0.352. The van der Waals surface area contributed by atoms with E-state index in [4.69, 9.17) is 11.6 Å². The number of hydrogen-bond acceptors (Lipinski definition) is 2. The van der Waals surface area contributed by atoms with Gasteiger partial charge < -0.3 is 5.11 Å². The first kappa shape index (κ1) is 14.6. The van der Waals surface area contributed by atoms with E-state index < -0.39 is 0 Å². The van der Waals surface area contributed by atoms with E-state index in [1.165, 1.54) is 6.07 Å². The lowest BCUT2D eigenvalue weighted by atomic mass is 9.98. The molecule has 0 amide bonds. The highest BCUT2D eigenvalue weighted by Crippen LogP contribution is 2.28. The van der Waals surface area contributed by atoms with E-state index in [1.807, 2.05) is 6.07 Å². The van der Waals surface area contributed by atoms with Gasteiger partial charge in [-0.25, -0.2) is 4.39 Å². The van der Waals surface area contributed by atoms with Crippen LogP contribution in [0.15, 0.2) is 49.2 Å². The van der Waals surface area contributed by atoms with Crippen LogP contribution in [0.4, 0.5) is 4.39 Å². The van der Waals surface area contributed by atoms with Crippen molar-refractivity contribution in [3.05, 3.63) is 66.1 Å². The number of aryl methyl sites for hydroxylation is 1. The van der Waals surface area contributed by atoms with Gasteiger partial charge in [0.05, 0.1) is 12.7 Å². The quantitative estimate of drug-likeness (QED) is 0.733. The maximum Gasteiger partial charge on any atom is 0.149 e. The lowest BCUT2D eigenvalue weighted by molar-refractivity contribution is 0.475. The number of fused-ring (bicyclic) bond motifs is 1. The number of aromatic nitrogens is 2. The molecule has 0 aliphatic carbocycles. The Kier molecular flexibility index (Phi) is 3.86. The van der Waals surface area contributed by atoms with E-state index in [0.29, 0.717) is 34.5 Å². The molecule has 112 valence electrons. The number of rotatable bonds is 4. The first-order chi connectivity index (χ1) is 10.6. The lowest BCUT2D eigenvalue weighted by Crippen LogP contribution is -2.02. The first-order valence-corrected chi connectivity index (χ1v) is 7.33. The largest absolute Gasteiger partial charge is 0.508 e. The average molecular weight is 317 g/mol. The van der Waals surface area contributed by atoms with E-state index in [2.05, 4.69) is 11.7 Å². The SMILES string of the molecule is C=C(c1ccc(O)cc1)c1cc(F)c2c(cnn2CCCl)c1. The Morgan fingerprint density at radius 1 is 1.23 bits per heavy atom. The Labute approximate surface area is 132 Å². The van der Waals surface area contributed by atoms with Crippen molar-refractivity contribution in [2.24, 2.45) is 0 Å². The van der Waals surface area contributed by atoms with Gasteiger partial charge in [0.2, 0.25) is 0 Å². The Morgan fingerprint density at radius 2 is 1.95 bits per heavy atom. The fourth-order valence-electron chi connectivity index (χ4n) is 2.43. The Bertz CT molecular complexity index is 840. The lowest BCUT2D eigenvalue weighted by Gasteiger charge is -2.08. The summed E-state index contributed by atoms with van der Waals surface area (Å²) in [6.45, 7) is 4.48. The van der Waals surface area contributed by atoms with E-state index in [0.717, 1.165) is 5.56 Å². The highest BCUT2D eigenvalue weighted by molar-refractivity contribution is 6.17. The highest BCUT2D eigenvalue weighted by Gasteiger charge is 2.12. The Morgan fingerprint density at radius 3 is 2.64 bits per heavy atom. The summed E-state index contributed by atoms with van der Waals surface area (Å²) in [6.07, 6.45) is 1.62. The van der Waals surface area contributed by atoms with Gasteiger partial charge >= 0.3 is 0 Å². The van der Waals surface area contributed by atoms with E-state index in [9.17, 15) is 9.50 Å². The Hall–Kier alpha value is -2.33. The maximum atomic E-state index is 14.4. The molecule has 3 aromatic rings. The molecule has 0 aliphatic heterocycles. The van der Waals surface area contributed by atoms with E-state index in [1.54, 1.807) is 35.1 Å². The van der Waals surface area contributed by atoms with Crippen LogP contribution in [0.1, 0.15) is 11.1 Å². The molecule has 0 saturated carbocycles. The van der Waals surface area contributed by atoms with Gasteiger partial charge in [-0.05, 0) is 41.0 Å². The van der Waals surface area contributed by atoms with E-state index >= 15 is 0 Å². The highest BCUT2D eigenvalue weighted by atomic mass is 35.5. The van der Waals surface area contributed by atoms with Crippen molar-refractivity contribution >= 4 is 28.1 Å². The number of aromatic hydroxyl groups is 1. The van der Waals surface area contributed by atoms with Gasteiger partial charge in [0.15, 0.2) is 0 Å². The van der Waals surface area contributed by atoms with Crippen molar-refractivity contribution in [2.45, 2.75) is 6.54 Å². The fraction of sp³-hybridized carbons (Fsp3) is 0.118. The smallest absolute Gasteiger partial charge is 0.149 e. The Balaban J connectivity index is 2.05. The second kappa shape index (κ2) is 5.81. The molecule has 0 spiro atoms. The monoisotopic (exact) mass is 316 g/mol. The van der Waals surface area contributed by atoms with Gasteiger partial charge in [0.25, 0.3) is 0 Å². The minimum absolute atomic E-state index is 0.181. The van der Waals surface area contributed by atoms with Gasteiger partial charge in [0.1, 0.15) is 17.1 Å². The second-order valence-electron chi connectivity index (χ2n) is 4.98. The third kappa shape index (κ3) is 2.57. The summed E-state index contributed by atoms with van der Waals surface area (Å²) in [5, 5.41) is 14.2. The zero-order chi connectivity index (χ0) is 15.7. The second-order valence-corrected chi connectivity index (χ2v) is 5.36. The molecular weight excluding hydrogens is 303 g/mol. The fourth-order valence-corrected chi connectivity index (χ4v) is 2.59. The summed E-state index contributed by atoms with van der Waals surface area (Å²) < 4.78 is 16.0. The van der Waals surface area contributed by atoms with Crippen LogP contribution in [0.25, 0.3) is 16.5 Å². The zero-order valence-electron chi connectivity index (χ0n) is 11.8. The number of alkyl halides is 1. The molecule has 2 aromatic carbocycles. The average Bonchev–Trinajstić information content (AvgIpc) is 2.91. The zero-order valence-corrected chi connectivity index (χ0v) is 12.5. The van der Waals surface area contributed by atoms with E-state index in [-0.39, 0.29) is 11.6 Å². The summed E-state index contributed by atoms with van der Waals surface area (Å²) >= 11 is 5.70. The molecule has 0 aliphatic rings. The van der Waals surface area contributed by atoms with Crippen LogP contribution in [0.3, 0.4) is 0 Å². The van der Waals surface area contributed by atoms with Crippen molar-refractivity contribution in [3.63, 3.8) is 0 Å². The first-order valence-electron chi connectivity index (χ1n) is 6.80. The maximum absolute atomic E-state index is 14.4. The summed E-state index contributed by atoms with van der Waals surface area (Å²) in [6, 6.07) is 9.95. The normalized spacial score (nSPS) is 11.0. The van der Waals surface area contributed by atoms with Crippen LogP contribution in [-0.4, -0.2) is 20.8 Å². The predicted molar refractivity (Wildman–Crippen MR) is 86.7 cm³/mol. The minimum Gasteiger partial charge on any atom is -0.508 e. The summed E-state index contributed by atoms with van der Waals surface area (Å²) in [7, 11) is 0. The molecule has 0 saturated heterocycles. The number of nitrogens with zero attached hydrogens (tertiary/aromatic N) is 2. The van der Waals surface area contributed by atoms with Gasteiger partial charge in [-0.3, -0.25) is 4.68 Å². The molecule has 0 atom stereocenters.